The maximum absolute atomic E-state index is 11.0. The number of carboxylic acids is 1. The van der Waals surface area contributed by atoms with Crippen molar-refractivity contribution < 1.29 is 9.90 Å². The first-order valence-electron chi connectivity index (χ1n) is 5.21. The van der Waals surface area contributed by atoms with Crippen molar-refractivity contribution >= 4 is 39.0 Å². The highest BCUT2D eigenvalue weighted by atomic mass is 79.9. The molecule has 0 atom stereocenters. The van der Waals surface area contributed by atoms with Gasteiger partial charge in [-0.1, -0.05) is 15.9 Å². The third-order valence-electron chi connectivity index (χ3n) is 2.42. The standard InChI is InChI=1S/C13H11BrN2O2/c14-8-1-3-9(4-2-8)16-10-5-6-12(15)11(7-10)13(17)18/h1-7,16H,15H2,(H,17,18). The van der Waals surface area contributed by atoms with Gasteiger partial charge in [-0.05, 0) is 42.5 Å². The lowest BCUT2D eigenvalue weighted by Gasteiger charge is -2.08. The summed E-state index contributed by atoms with van der Waals surface area (Å²) in [6, 6.07) is 12.4. The largest absolute Gasteiger partial charge is 0.478 e. The molecule has 0 unspecified atom stereocenters. The van der Waals surface area contributed by atoms with Gasteiger partial charge >= 0.3 is 5.97 Å². The van der Waals surface area contributed by atoms with E-state index in [1.54, 1.807) is 12.1 Å². The minimum absolute atomic E-state index is 0.0945. The molecule has 92 valence electrons. The summed E-state index contributed by atoms with van der Waals surface area (Å²) >= 11 is 3.35. The van der Waals surface area contributed by atoms with Crippen molar-refractivity contribution in [2.45, 2.75) is 0 Å². The van der Waals surface area contributed by atoms with E-state index in [1.807, 2.05) is 24.3 Å². The molecule has 4 N–H and O–H groups in total. The minimum atomic E-state index is -1.04. The second kappa shape index (κ2) is 5.10. The normalized spacial score (nSPS) is 10.1. The number of nitrogens with two attached hydrogens (primary N) is 1. The molecule has 0 aliphatic carbocycles. The van der Waals surface area contributed by atoms with Crippen molar-refractivity contribution in [1.29, 1.82) is 0 Å². The molecule has 2 aromatic carbocycles. The summed E-state index contributed by atoms with van der Waals surface area (Å²) in [6.45, 7) is 0. The van der Waals surface area contributed by atoms with Crippen molar-refractivity contribution in [2.24, 2.45) is 0 Å². The molecule has 0 saturated carbocycles. The Morgan fingerprint density at radius 3 is 2.33 bits per heavy atom. The Labute approximate surface area is 113 Å². The van der Waals surface area contributed by atoms with Crippen molar-refractivity contribution in [3.8, 4) is 0 Å². The highest BCUT2D eigenvalue weighted by molar-refractivity contribution is 9.10. The monoisotopic (exact) mass is 306 g/mol. The molecule has 18 heavy (non-hydrogen) atoms. The van der Waals surface area contributed by atoms with Crippen LogP contribution in [-0.2, 0) is 0 Å². The molecule has 0 aromatic heterocycles. The van der Waals surface area contributed by atoms with E-state index < -0.39 is 5.97 Å². The summed E-state index contributed by atoms with van der Waals surface area (Å²) in [5, 5.41) is 12.1. The Kier molecular flexibility index (Phi) is 3.53. The average Bonchev–Trinajstić information content (AvgIpc) is 2.34. The maximum atomic E-state index is 11.0. The quantitative estimate of drug-likeness (QED) is 0.759. The molecule has 0 saturated heterocycles. The summed E-state index contributed by atoms with van der Waals surface area (Å²) < 4.78 is 0.983. The van der Waals surface area contributed by atoms with Gasteiger partial charge in [-0.2, -0.15) is 0 Å². The molecule has 0 spiro atoms. The van der Waals surface area contributed by atoms with Gasteiger partial charge in [0.2, 0.25) is 0 Å². The zero-order valence-electron chi connectivity index (χ0n) is 9.35. The Bertz CT molecular complexity index is 582. The maximum Gasteiger partial charge on any atom is 0.337 e. The number of nitrogen functional groups attached to an aromatic ring is 1. The third-order valence-corrected chi connectivity index (χ3v) is 2.95. The number of carbonyl (C=O) groups is 1. The molecule has 0 radical (unpaired) electrons. The lowest BCUT2D eigenvalue weighted by atomic mass is 10.1. The van der Waals surface area contributed by atoms with Gasteiger partial charge in [-0.15, -0.1) is 0 Å². The van der Waals surface area contributed by atoms with Crippen LogP contribution in [0.2, 0.25) is 0 Å². The SMILES string of the molecule is Nc1ccc(Nc2ccc(Br)cc2)cc1C(=O)O. The van der Waals surface area contributed by atoms with Crippen LogP contribution in [-0.4, -0.2) is 11.1 Å². The summed E-state index contributed by atoms with van der Waals surface area (Å²) in [5.74, 6) is -1.04. The van der Waals surface area contributed by atoms with E-state index in [1.165, 1.54) is 6.07 Å². The van der Waals surface area contributed by atoms with Crippen LogP contribution < -0.4 is 11.1 Å². The first-order valence-corrected chi connectivity index (χ1v) is 6.01. The zero-order chi connectivity index (χ0) is 13.1. The zero-order valence-corrected chi connectivity index (χ0v) is 10.9. The van der Waals surface area contributed by atoms with E-state index in [4.69, 9.17) is 10.8 Å². The summed E-state index contributed by atoms with van der Waals surface area (Å²) in [7, 11) is 0. The number of hydrogen-bond donors (Lipinski definition) is 3. The van der Waals surface area contributed by atoms with E-state index in [0.29, 0.717) is 5.69 Å². The Balaban J connectivity index is 2.27. The molecule has 0 aliphatic rings. The van der Waals surface area contributed by atoms with E-state index in [9.17, 15) is 4.79 Å². The molecular weight excluding hydrogens is 296 g/mol. The van der Waals surface area contributed by atoms with Gasteiger partial charge in [0.15, 0.2) is 0 Å². The van der Waals surface area contributed by atoms with Crippen LogP contribution in [0.3, 0.4) is 0 Å². The van der Waals surface area contributed by atoms with Crippen LogP contribution in [0.15, 0.2) is 46.9 Å². The number of carboxylic acid groups (broad SMARTS) is 1. The Morgan fingerprint density at radius 1 is 1.11 bits per heavy atom. The number of hydrogen-bond acceptors (Lipinski definition) is 3. The van der Waals surface area contributed by atoms with Crippen molar-refractivity contribution in [3.05, 3.63) is 52.5 Å². The lowest BCUT2D eigenvalue weighted by Crippen LogP contribution is -2.03. The fourth-order valence-corrected chi connectivity index (χ4v) is 1.78. The topological polar surface area (TPSA) is 75.3 Å². The fraction of sp³-hybridized carbons (Fsp3) is 0. The van der Waals surface area contributed by atoms with Crippen molar-refractivity contribution in [3.63, 3.8) is 0 Å². The van der Waals surface area contributed by atoms with Gasteiger partial charge in [0, 0.05) is 21.5 Å². The number of nitrogens with one attached hydrogen (secondary N) is 1. The van der Waals surface area contributed by atoms with Crippen LogP contribution in [0.4, 0.5) is 17.1 Å². The molecular formula is C13H11BrN2O2. The second-order valence-electron chi connectivity index (χ2n) is 3.74. The van der Waals surface area contributed by atoms with Crippen LogP contribution in [0.1, 0.15) is 10.4 Å². The number of aromatic carboxylic acids is 1. The van der Waals surface area contributed by atoms with Crippen LogP contribution in [0.25, 0.3) is 0 Å². The number of anilines is 3. The summed E-state index contributed by atoms with van der Waals surface area (Å²) in [5.41, 5.74) is 7.50. The van der Waals surface area contributed by atoms with E-state index in [2.05, 4.69) is 21.2 Å². The van der Waals surface area contributed by atoms with Crippen LogP contribution in [0, 0.1) is 0 Å². The third kappa shape index (κ3) is 2.81. The van der Waals surface area contributed by atoms with Gasteiger partial charge in [-0.3, -0.25) is 0 Å². The molecule has 2 rings (SSSR count). The fourth-order valence-electron chi connectivity index (χ4n) is 1.52. The first-order chi connectivity index (χ1) is 8.56. The molecule has 0 amide bonds. The number of halogens is 1. The lowest BCUT2D eigenvalue weighted by molar-refractivity contribution is 0.0698. The van der Waals surface area contributed by atoms with E-state index in [-0.39, 0.29) is 11.3 Å². The van der Waals surface area contributed by atoms with Gasteiger partial charge in [0.05, 0.1) is 5.56 Å². The molecule has 0 fully saturated rings. The molecule has 0 aliphatic heterocycles. The van der Waals surface area contributed by atoms with Gasteiger partial charge in [0.25, 0.3) is 0 Å². The van der Waals surface area contributed by atoms with Crippen LogP contribution in [0.5, 0.6) is 0 Å². The highest BCUT2D eigenvalue weighted by Crippen LogP contribution is 2.22. The van der Waals surface area contributed by atoms with Gasteiger partial charge in [0.1, 0.15) is 0 Å². The Hall–Kier alpha value is -2.01. The molecule has 0 heterocycles. The van der Waals surface area contributed by atoms with Gasteiger partial charge < -0.3 is 16.2 Å². The average molecular weight is 307 g/mol. The molecule has 5 heteroatoms. The summed E-state index contributed by atoms with van der Waals surface area (Å²) in [6.07, 6.45) is 0. The molecule has 2 aromatic rings. The predicted octanol–water partition coefficient (Wildman–Crippen LogP) is 3.47. The van der Waals surface area contributed by atoms with E-state index in [0.717, 1.165) is 10.2 Å². The number of rotatable bonds is 3. The van der Waals surface area contributed by atoms with Crippen molar-refractivity contribution in [2.75, 3.05) is 11.1 Å². The number of benzene rings is 2. The first kappa shape index (κ1) is 12.4. The smallest absolute Gasteiger partial charge is 0.337 e. The Morgan fingerprint density at radius 2 is 1.72 bits per heavy atom. The van der Waals surface area contributed by atoms with Crippen LogP contribution >= 0.6 is 15.9 Å². The predicted molar refractivity (Wildman–Crippen MR) is 75.2 cm³/mol. The molecule has 0 bridgehead atoms. The van der Waals surface area contributed by atoms with Crippen molar-refractivity contribution in [1.82, 2.24) is 0 Å². The summed E-state index contributed by atoms with van der Waals surface area (Å²) in [4.78, 5) is 11.0. The minimum Gasteiger partial charge on any atom is -0.478 e. The molecule has 4 nitrogen and oxygen atoms in total. The highest BCUT2D eigenvalue weighted by Gasteiger charge is 2.08. The van der Waals surface area contributed by atoms with E-state index >= 15 is 0 Å². The van der Waals surface area contributed by atoms with Gasteiger partial charge in [-0.25, -0.2) is 4.79 Å². The second-order valence-corrected chi connectivity index (χ2v) is 4.65.